The van der Waals surface area contributed by atoms with Gasteiger partial charge in [0.2, 0.25) is 11.8 Å². The fourth-order valence-electron chi connectivity index (χ4n) is 4.23. The van der Waals surface area contributed by atoms with E-state index in [1.165, 1.54) is 29.6 Å². The normalized spacial score (nSPS) is 15.9. The van der Waals surface area contributed by atoms with Crippen LogP contribution in [0.2, 0.25) is 5.02 Å². The number of rotatable bonds is 5. The van der Waals surface area contributed by atoms with E-state index >= 15 is 0 Å². The minimum absolute atomic E-state index is 0.193. The van der Waals surface area contributed by atoms with E-state index in [2.05, 4.69) is 20.7 Å². The zero-order valence-electron chi connectivity index (χ0n) is 20.4. The molecule has 11 heteroatoms. The number of pyridine rings is 1. The lowest BCUT2D eigenvalue weighted by atomic mass is 9.98. The monoisotopic (exact) mass is 535 g/mol. The molecule has 0 radical (unpaired) electrons. The number of nitrogens with two attached hydrogens (primary N) is 2. The maximum atomic E-state index is 13.9. The van der Waals surface area contributed by atoms with Crippen molar-refractivity contribution in [2.75, 3.05) is 10.3 Å². The molecule has 0 saturated carbocycles. The smallest absolute Gasteiger partial charge is 0.244 e. The summed E-state index contributed by atoms with van der Waals surface area (Å²) < 4.78 is 13.9. The van der Waals surface area contributed by atoms with Crippen molar-refractivity contribution in [1.29, 1.82) is 0 Å². The summed E-state index contributed by atoms with van der Waals surface area (Å²) in [6, 6.07) is 12.5. The number of hydrogen-bond acceptors (Lipinski definition) is 6. The highest BCUT2D eigenvalue weighted by Crippen LogP contribution is 2.32. The first-order valence-electron chi connectivity index (χ1n) is 11.9. The van der Waals surface area contributed by atoms with Gasteiger partial charge in [-0.2, -0.15) is 5.10 Å². The summed E-state index contributed by atoms with van der Waals surface area (Å²) in [4.78, 5) is 29.9. The van der Waals surface area contributed by atoms with Gasteiger partial charge < -0.3 is 16.5 Å². The van der Waals surface area contributed by atoms with Gasteiger partial charge in [0.05, 0.1) is 23.1 Å². The van der Waals surface area contributed by atoms with E-state index in [9.17, 15) is 14.0 Å². The average molecular weight is 536 g/mol. The molecule has 6 N–H and O–H groups in total. The summed E-state index contributed by atoms with van der Waals surface area (Å²) in [6.45, 7) is 0. The average Bonchev–Trinajstić information content (AvgIpc) is 2.89. The van der Waals surface area contributed by atoms with Crippen molar-refractivity contribution in [3.8, 4) is 11.1 Å². The summed E-state index contributed by atoms with van der Waals surface area (Å²) in [5, 5.41) is 10.9. The van der Waals surface area contributed by atoms with Crippen molar-refractivity contribution in [1.82, 2.24) is 10.3 Å². The number of carbonyl (C=O) groups excluding carboxylic acids is 2. The third kappa shape index (κ3) is 6.72. The summed E-state index contributed by atoms with van der Waals surface area (Å²) in [5.41, 5.74) is 3.58. The maximum Gasteiger partial charge on any atom is 0.244 e. The Morgan fingerprint density at radius 1 is 1.21 bits per heavy atom. The number of nitrogens with zero attached hydrogens (tertiary/aromatic N) is 3. The molecule has 2 aromatic carbocycles. The zero-order chi connectivity index (χ0) is 27.1. The van der Waals surface area contributed by atoms with E-state index in [-0.39, 0.29) is 18.2 Å². The highest BCUT2D eigenvalue weighted by molar-refractivity contribution is 6.30. The molecule has 38 heavy (non-hydrogen) atoms. The Morgan fingerprint density at radius 3 is 2.87 bits per heavy atom. The number of benzene rings is 2. The Balaban J connectivity index is 1.61. The lowest BCUT2D eigenvalue weighted by molar-refractivity contribution is -0.118. The number of hydrazine groups is 1. The SMILES string of the molecule is N/N=C\N(N)c1ccc(Cl)cc1/C=C/C(=O)N[C@H]1CCCCC(=O)Nc2cc(F)ccc2-c2ccnc1c2. The van der Waals surface area contributed by atoms with Crippen molar-refractivity contribution in [3.05, 3.63) is 82.9 Å². The predicted molar refractivity (Wildman–Crippen MR) is 147 cm³/mol. The fourth-order valence-corrected chi connectivity index (χ4v) is 4.41. The number of anilines is 2. The second kappa shape index (κ2) is 12.3. The van der Waals surface area contributed by atoms with Crippen LogP contribution in [0.15, 0.2) is 65.9 Å². The molecule has 2 heterocycles. The molecule has 0 unspecified atom stereocenters. The molecule has 1 aliphatic rings. The fraction of sp³-hybridized carbons (Fsp3) is 0.185. The molecule has 0 fully saturated rings. The number of fused-ring (bicyclic) bond motifs is 4. The molecular weight excluding hydrogens is 509 g/mol. The third-order valence-corrected chi connectivity index (χ3v) is 6.28. The van der Waals surface area contributed by atoms with Gasteiger partial charge in [-0.15, -0.1) is 0 Å². The number of nitrogens with one attached hydrogen (secondary N) is 2. The van der Waals surface area contributed by atoms with Crippen molar-refractivity contribution >= 4 is 47.2 Å². The van der Waals surface area contributed by atoms with Crippen molar-refractivity contribution in [3.63, 3.8) is 0 Å². The van der Waals surface area contributed by atoms with Gasteiger partial charge in [-0.1, -0.05) is 18.0 Å². The number of aromatic nitrogens is 1. The summed E-state index contributed by atoms with van der Waals surface area (Å²) in [7, 11) is 0. The summed E-state index contributed by atoms with van der Waals surface area (Å²) >= 11 is 6.14. The van der Waals surface area contributed by atoms with Crippen LogP contribution >= 0.6 is 11.6 Å². The Bertz CT molecular complexity index is 1400. The van der Waals surface area contributed by atoms with Gasteiger partial charge in [0.15, 0.2) is 0 Å². The van der Waals surface area contributed by atoms with Gasteiger partial charge in [0, 0.05) is 34.8 Å². The number of amides is 2. The Morgan fingerprint density at radius 2 is 2.05 bits per heavy atom. The van der Waals surface area contributed by atoms with Gasteiger partial charge in [-0.05, 0) is 73.0 Å². The molecule has 2 amide bonds. The van der Waals surface area contributed by atoms with E-state index < -0.39 is 11.9 Å². The highest BCUT2D eigenvalue weighted by Gasteiger charge is 2.19. The first-order valence-corrected chi connectivity index (χ1v) is 12.3. The quantitative estimate of drug-likeness (QED) is 0.125. The van der Waals surface area contributed by atoms with Crippen LogP contribution in [-0.4, -0.2) is 23.1 Å². The lowest BCUT2D eigenvalue weighted by Gasteiger charge is -2.20. The summed E-state index contributed by atoms with van der Waals surface area (Å²) in [6.07, 6.45) is 7.96. The standard InChI is InChI=1S/C27H27ClFN7O2/c28-19-6-9-25(36(31)16-33-30)18(13-19)5-10-27(38)34-22-3-1-2-4-26(37)35-23-15-20(29)7-8-21(23)17-11-12-32-24(22)14-17/h5-16,22H,1-4,30-31H2,(H,34,38)(H,35,37)/b10-5+,33-16-/t22-/m0/s1. The van der Waals surface area contributed by atoms with Crippen LogP contribution < -0.4 is 27.3 Å². The van der Waals surface area contributed by atoms with Crippen molar-refractivity contribution in [2.45, 2.75) is 31.7 Å². The van der Waals surface area contributed by atoms with Crippen LogP contribution in [-0.2, 0) is 9.59 Å². The second-order valence-electron chi connectivity index (χ2n) is 8.72. The molecule has 1 aromatic heterocycles. The second-order valence-corrected chi connectivity index (χ2v) is 9.16. The largest absolute Gasteiger partial charge is 0.344 e. The predicted octanol–water partition coefficient (Wildman–Crippen LogP) is 4.51. The van der Waals surface area contributed by atoms with E-state index in [4.69, 9.17) is 23.3 Å². The Kier molecular flexibility index (Phi) is 8.67. The van der Waals surface area contributed by atoms with Crippen molar-refractivity contribution in [2.24, 2.45) is 16.8 Å². The molecule has 3 aromatic rings. The zero-order valence-corrected chi connectivity index (χ0v) is 21.2. The molecule has 4 rings (SSSR count). The van der Waals surface area contributed by atoms with E-state index in [1.807, 2.05) is 6.07 Å². The molecule has 1 atom stereocenters. The van der Waals surface area contributed by atoms with Crippen LogP contribution in [0.1, 0.15) is 43.0 Å². The molecule has 9 nitrogen and oxygen atoms in total. The minimum atomic E-state index is -0.446. The number of halogens is 2. The van der Waals surface area contributed by atoms with Gasteiger partial charge in [0.25, 0.3) is 0 Å². The molecule has 1 aliphatic heterocycles. The first kappa shape index (κ1) is 26.8. The molecule has 0 saturated heterocycles. The van der Waals surface area contributed by atoms with Crippen LogP contribution in [0.5, 0.6) is 0 Å². The van der Waals surface area contributed by atoms with Crippen LogP contribution in [0.25, 0.3) is 17.2 Å². The topological polar surface area (TPSA) is 139 Å². The van der Waals surface area contributed by atoms with Crippen LogP contribution in [0.3, 0.4) is 0 Å². The van der Waals surface area contributed by atoms with E-state index in [0.29, 0.717) is 52.5 Å². The Hall–Kier alpha value is -4.28. The van der Waals surface area contributed by atoms with Crippen LogP contribution in [0.4, 0.5) is 15.8 Å². The third-order valence-electron chi connectivity index (χ3n) is 6.04. The number of hydrogen-bond donors (Lipinski definition) is 4. The number of carbonyl (C=O) groups is 2. The lowest BCUT2D eigenvalue weighted by Crippen LogP contribution is -2.30. The van der Waals surface area contributed by atoms with Crippen molar-refractivity contribution < 1.29 is 14.0 Å². The number of hydrazone groups is 1. The molecule has 196 valence electrons. The Labute approximate surface area is 224 Å². The minimum Gasteiger partial charge on any atom is -0.344 e. The molecule has 2 bridgehead atoms. The van der Waals surface area contributed by atoms with Gasteiger partial charge >= 0.3 is 0 Å². The van der Waals surface area contributed by atoms with Crippen LogP contribution in [0, 0.1) is 5.82 Å². The maximum absolute atomic E-state index is 13.9. The molecule has 0 spiro atoms. The summed E-state index contributed by atoms with van der Waals surface area (Å²) in [5.74, 6) is 10.2. The van der Waals surface area contributed by atoms with E-state index in [1.54, 1.807) is 42.6 Å². The van der Waals surface area contributed by atoms with Gasteiger partial charge in [0.1, 0.15) is 12.2 Å². The first-order chi connectivity index (χ1) is 18.3. The molecular formula is C27H27ClFN7O2. The highest BCUT2D eigenvalue weighted by atomic mass is 35.5. The molecule has 0 aliphatic carbocycles. The van der Waals surface area contributed by atoms with E-state index in [0.717, 1.165) is 5.56 Å². The van der Waals surface area contributed by atoms with Gasteiger partial charge in [-0.3, -0.25) is 19.6 Å². The van der Waals surface area contributed by atoms with Gasteiger partial charge in [-0.25, -0.2) is 10.2 Å².